The lowest BCUT2D eigenvalue weighted by atomic mass is 10.1. The van der Waals surface area contributed by atoms with Gasteiger partial charge in [-0.25, -0.2) is 0 Å². The Kier molecular flexibility index (Phi) is 4.01. The molecule has 0 unspecified atom stereocenters. The first-order valence-corrected chi connectivity index (χ1v) is 6.77. The molecule has 0 aliphatic heterocycles. The van der Waals surface area contributed by atoms with Crippen molar-refractivity contribution >= 4 is 34.2 Å². The normalized spacial score (nSPS) is 10.2. The third-order valence-electron chi connectivity index (χ3n) is 2.89. The van der Waals surface area contributed by atoms with Crippen molar-refractivity contribution in [3.05, 3.63) is 63.2 Å². The minimum atomic E-state index is 0.0225. The number of nitrogens with zero attached hydrogens (tertiary/aromatic N) is 1. The molecule has 0 aliphatic rings. The number of carbonyl (C=O) groups is 1. The highest BCUT2D eigenvalue weighted by Gasteiger charge is 2.16. The van der Waals surface area contributed by atoms with E-state index in [1.165, 1.54) is 0 Å². The van der Waals surface area contributed by atoms with E-state index < -0.39 is 0 Å². The van der Waals surface area contributed by atoms with E-state index in [0.717, 1.165) is 20.4 Å². The first-order valence-electron chi connectivity index (χ1n) is 5.69. The number of hydrogen-bond acceptors (Lipinski definition) is 1. The maximum atomic E-state index is 12.4. The standard InChI is InChI=1S/C15H14INO/c1-11-7-3-6-10-14(11)17(2)15(18)12-8-4-5-9-13(12)16/h3-10H,1-2H3. The first-order chi connectivity index (χ1) is 8.61. The summed E-state index contributed by atoms with van der Waals surface area (Å²) in [7, 11) is 1.81. The van der Waals surface area contributed by atoms with E-state index in [-0.39, 0.29) is 5.91 Å². The Labute approximate surface area is 121 Å². The van der Waals surface area contributed by atoms with Gasteiger partial charge in [-0.05, 0) is 53.3 Å². The number of carbonyl (C=O) groups excluding carboxylic acids is 1. The Morgan fingerprint density at radius 3 is 2.33 bits per heavy atom. The molecule has 0 fully saturated rings. The van der Waals surface area contributed by atoms with Gasteiger partial charge in [0.05, 0.1) is 5.56 Å². The fraction of sp³-hybridized carbons (Fsp3) is 0.133. The monoisotopic (exact) mass is 351 g/mol. The van der Waals surface area contributed by atoms with Crippen LogP contribution in [0.15, 0.2) is 48.5 Å². The molecule has 0 saturated carbocycles. The molecule has 92 valence electrons. The average Bonchev–Trinajstić information content (AvgIpc) is 2.38. The van der Waals surface area contributed by atoms with Crippen molar-refractivity contribution in [1.82, 2.24) is 0 Å². The number of benzene rings is 2. The molecule has 0 aromatic heterocycles. The molecule has 3 heteroatoms. The highest BCUT2D eigenvalue weighted by molar-refractivity contribution is 14.1. The van der Waals surface area contributed by atoms with Crippen LogP contribution in [0.5, 0.6) is 0 Å². The molecule has 0 saturated heterocycles. The smallest absolute Gasteiger partial charge is 0.259 e. The van der Waals surface area contributed by atoms with Crippen LogP contribution < -0.4 is 4.90 Å². The predicted octanol–water partition coefficient (Wildman–Crippen LogP) is 3.88. The van der Waals surface area contributed by atoms with Crippen LogP contribution in [-0.2, 0) is 0 Å². The average molecular weight is 351 g/mol. The number of anilines is 1. The third kappa shape index (κ3) is 2.56. The Balaban J connectivity index is 2.36. The molecule has 1 amide bonds. The van der Waals surface area contributed by atoms with Gasteiger partial charge in [-0.3, -0.25) is 4.79 Å². The van der Waals surface area contributed by atoms with Gasteiger partial charge in [0.2, 0.25) is 0 Å². The van der Waals surface area contributed by atoms with Crippen molar-refractivity contribution in [3.8, 4) is 0 Å². The van der Waals surface area contributed by atoms with Gasteiger partial charge in [-0.2, -0.15) is 0 Å². The molecule has 0 radical (unpaired) electrons. The molecule has 2 aromatic rings. The number of hydrogen-bond donors (Lipinski definition) is 0. The van der Waals surface area contributed by atoms with E-state index >= 15 is 0 Å². The van der Waals surface area contributed by atoms with Crippen molar-refractivity contribution in [2.75, 3.05) is 11.9 Å². The molecule has 0 heterocycles. The van der Waals surface area contributed by atoms with E-state index in [4.69, 9.17) is 0 Å². The molecule has 0 bridgehead atoms. The van der Waals surface area contributed by atoms with Crippen LogP contribution in [0.3, 0.4) is 0 Å². The summed E-state index contributed by atoms with van der Waals surface area (Å²) < 4.78 is 0.973. The SMILES string of the molecule is Cc1ccccc1N(C)C(=O)c1ccccc1I. The van der Waals surface area contributed by atoms with E-state index in [1.54, 1.807) is 4.90 Å². The molecule has 2 aromatic carbocycles. The quantitative estimate of drug-likeness (QED) is 0.752. The van der Waals surface area contributed by atoms with E-state index in [9.17, 15) is 4.79 Å². The van der Waals surface area contributed by atoms with Crippen molar-refractivity contribution in [3.63, 3.8) is 0 Å². The summed E-state index contributed by atoms with van der Waals surface area (Å²) in [5, 5.41) is 0. The molecule has 18 heavy (non-hydrogen) atoms. The first kappa shape index (κ1) is 13.1. The summed E-state index contributed by atoms with van der Waals surface area (Å²) in [6.07, 6.45) is 0. The van der Waals surface area contributed by atoms with Crippen molar-refractivity contribution in [2.24, 2.45) is 0 Å². The summed E-state index contributed by atoms with van der Waals surface area (Å²) >= 11 is 2.19. The van der Waals surface area contributed by atoms with Crippen LogP contribution >= 0.6 is 22.6 Å². The summed E-state index contributed by atoms with van der Waals surface area (Å²) in [6.45, 7) is 2.01. The van der Waals surface area contributed by atoms with Gasteiger partial charge in [0.15, 0.2) is 0 Å². The van der Waals surface area contributed by atoms with Crippen molar-refractivity contribution in [2.45, 2.75) is 6.92 Å². The van der Waals surface area contributed by atoms with E-state index in [1.807, 2.05) is 62.5 Å². The Morgan fingerprint density at radius 2 is 1.67 bits per heavy atom. The fourth-order valence-corrected chi connectivity index (χ4v) is 2.48. The van der Waals surface area contributed by atoms with Crippen LogP contribution in [0.4, 0.5) is 5.69 Å². The molecule has 0 N–H and O–H groups in total. The van der Waals surface area contributed by atoms with E-state index in [0.29, 0.717) is 0 Å². The third-order valence-corrected chi connectivity index (χ3v) is 3.83. The Hall–Kier alpha value is -1.36. The molecular formula is C15H14INO. The Bertz CT molecular complexity index is 580. The molecule has 2 rings (SSSR count). The van der Waals surface area contributed by atoms with Crippen LogP contribution in [0.2, 0.25) is 0 Å². The van der Waals surface area contributed by atoms with Crippen molar-refractivity contribution in [1.29, 1.82) is 0 Å². The zero-order chi connectivity index (χ0) is 13.1. The van der Waals surface area contributed by atoms with Gasteiger partial charge < -0.3 is 4.90 Å². The lowest BCUT2D eigenvalue weighted by Gasteiger charge is -2.20. The number of para-hydroxylation sites is 1. The second-order valence-corrected chi connectivity index (χ2v) is 5.29. The highest BCUT2D eigenvalue weighted by Crippen LogP contribution is 2.21. The maximum Gasteiger partial charge on any atom is 0.259 e. The minimum Gasteiger partial charge on any atom is -0.311 e. The zero-order valence-corrected chi connectivity index (χ0v) is 12.5. The lowest BCUT2D eigenvalue weighted by Crippen LogP contribution is -2.27. The maximum absolute atomic E-state index is 12.4. The Morgan fingerprint density at radius 1 is 1.06 bits per heavy atom. The van der Waals surface area contributed by atoms with Gasteiger partial charge in [-0.1, -0.05) is 30.3 Å². The topological polar surface area (TPSA) is 20.3 Å². The zero-order valence-electron chi connectivity index (χ0n) is 10.4. The van der Waals surface area contributed by atoms with Gasteiger partial charge in [0.1, 0.15) is 0 Å². The summed E-state index contributed by atoms with van der Waals surface area (Å²) in [4.78, 5) is 14.1. The van der Waals surface area contributed by atoms with Gasteiger partial charge in [-0.15, -0.1) is 0 Å². The molecule has 2 nitrogen and oxygen atoms in total. The van der Waals surface area contributed by atoms with E-state index in [2.05, 4.69) is 22.6 Å². The largest absolute Gasteiger partial charge is 0.311 e. The predicted molar refractivity (Wildman–Crippen MR) is 83.1 cm³/mol. The summed E-state index contributed by atoms with van der Waals surface area (Å²) in [6, 6.07) is 15.5. The second-order valence-electron chi connectivity index (χ2n) is 4.13. The lowest BCUT2D eigenvalue weighted by molar-refractivity contribution is 0.0992. The number of aryl methyl sites for hydroxylation is 1. The number of halogens is 1. The number of amides is 1. The van der Waals surface area contributed by atoms with Gasteiger partial charge >= 0.3 is 0 Å². The molecular weight excluding hydrogens is 337 g/mol. The summed E-state index contributed by atoms with van der Waals surface area (Å²) in [5.41, 5.74) is 2.78. The van der Waals surface area contributed by atoms with Crippen LogP contribution in [0.1, 0.15) is 15.9 Å². The summed E-state index contributed by atoms with van der Waals surface area (Å²) in [5.74, 6) is 0.0225. The molecule has 0 aliphatic carbocycles. The second kappa shape index (κ2) is 5.52. The minimum absolute atomic E-state index is 0.0225. The fourth-order valence-electron chi connectivity index (χ4n) is 1.86. The van der Waals surface area contributed by atoms with Gasteiger partial charge in [0.25, 0.3) is 5.91 Å². The molecule has 0 atom stereocenters. The van der Waals surface area contributed by atoms with Crippen LogP contribution in [0.25, 0.3) is 0 Å². The van der Waals surface area contributed by atoms with Crippen LogP contribution in [0, 0.1) is 10.5 Å². The van der Waals surface area contributed by atoms with Crippen LogP contribution in [-0.4, -0.2) is 13.0 Å². The molecule has 0 spiro atoms. The van der Waals surface area contributed by atoms with Crippen molar-refractivity contribution < 1.29 is 4.79 Å². The number of rotatable bonds is 2. The highest BCUT2D eigenvalue weighted by atomic mass is 127. The van der Waals surface area contributed by atoms with Gasteiger partial charge in [0, 0.05) is 16.3 Å².